The van der Waals surface area contributed by atoms with Crippen LogP contribution in [0.3, 0.4) is 0 Å². The highest BCUT2D eigenvalue weighted by atomic mass is 32.1. The van der Waals surface area contributed by atoms with Gasteiger partial charge in [0.1, 0.15) is 11.3 Å². The van der Waals surface area contributed by atoms with Crippen molar-refractivity contribution in [3.63, 3.8) is 0 Å². The molecule has 0 fully saturated rings. The molecule has 2 N–H and O–H groups in total. The minimum atomic E-state index is -0.176. The second kappa shape index (κ2) is 4.51. The largest absolute Gasteiger partial charge is 0.459 e. The van der Waals surface area contributed by atoms with Crippen molar-refractivity contribution < 1.29 is 4.42 Å². The number of nitrogens with two attached hydrogens (primary N) is 1. The zero-order chi connectivity index (χ0) is 13.6. The molecule has 0 radical (unpaired) electrons. The van der Waals surface area contributed by atoms with E-state index >= 15 is 0 Å². The first kappa shape index (κ1) is 12.5. The van der Waals surface area contributed by atoms with Gasteiger partial charge in [-0.1, -0.05) is 11.6 Å². The summed E-state index contributed by atoms with van der Waals surface area (Å²) >= 11 is 1.75. The van der Waals surface area contributed by atoms with Crippen molar-refractivity contribution in [3.8, 4) is 0 Å². The third-order valence-electron chi connectivity index (χ3n) is 3.49. The highest BCUT2D eigenvalue weighted by Crippen LogP contribution is 2.32. The van der Waals surface area contributed by atoms with Gasteiger partial charge in [-0.15, -0.1) is 11.3 Å². The van der Waals surface area contributed by atoms with Gasteiger partial charge in [-0.05, 0) is 50.6 Å². The molecule has 98 valence electrons. The fourth-order valence-electron chi connectivity index (χ4n) is 2.23. The molecule has 0 saturated carbocycles. The summed E-state index contributed by atoms with van der Waals surface area (Å²) in [6, 6.07) is 10.2. The van der Waals surface area contributed by atoms with Gasteiger partial charge in [0.2, 0.25) is 0 Å². The predicted octanol–water partition coefficient (Wildman–Crippen LogP) is 4.47. The fraction of sp³-hybridized carbons (Fsp3) is 0.250. The number of fused-ring (bicyclic) bond motifs is 1. The van der Waals surface area contributed by atoms with Crippen LogP contribution in [0.15, 0.2) is 34.7 Å². The van der Waals surface area contributed by atoms with Crippen LogP contribution in [0.25, 0.3) is 11.0 Å². The Labute approximate surface area is 116 Å². The van der Waals surface area contributed by atoms with E-state index in [1.165, 1.54) is 16.0 Å². The van der Waals surface area contributed by atoms with Gasteiger partial charge in [-0.2, -0.15) is 0 Å². The highest BCUT2D eigenvalue weighted by molar-refractivity contribution is 7.12. The summed E-state index contributed by atoms with van der Waals surface area (Å²) in [6.45, 7) is 6.32. The molecule has 19 heavy (non-hydrogen) atoms. The predicted molar refractivity (Wildman–Crippen MR) is 80.8 cm³/mol. The summed E-state index contributed by atoms with van der Waals surface area (Å²) in [5, 5.41) is 1.12. The lowest BCUT2D eigenvalue weighted by Crippen LogP contribution is -2.08. The minimum Gasteiger partial charge on any atom is -0.459 e. The van der Waals surface area contributed by atoms with Crippen molar-refractivity contribution in [1.29, 1.82) is 0 Å². The third-order valence-corrected chi connectivity index (χ3v) is 4.72. The second-order valence-corrected chi connectivity index (χ2v) is 6.34. The molecule has 1 unspecified atom stereocenters. The van der Waals surface area contributed by atoms with E-state index in [2.05, 4.69) is 45.0 Å². The molecular formula is C16H17NOS. The maximum atomic E-state index is 6.32. The Hall–Kier alpha value is -1.58. The molecular weight excluding hydrogens is 254 g/mol. The van der Waals surface area contributed by atoms with Gasteiger partial charge >= 0.3 is 0 Å². The van der Waals surface area contributed by atoms with Crippen molar-refractivity contribution >= 4 is 22.3 Å². The maximum absolute atomic E-state index is 6.32. The number of rotatable bonds is 2. The smallest absolute Gasteiger partial charge is 0.134 e. The quantitative estimate of drug-likeness (QED) is 0.747. The zero-order valence-corrected chi connectivity index (χ0v) is 12.2. The Morgan fingerprint density at radius 3 is 2.58 bits per heavy atom. The normalized spacial score (nSPS) is 13.1. The molecule has 3 heteroatoms. The lowest BCUT2D eigenvalue weighted by Gasteiger charge is -2.04. The van der Waals surface area contributed by atoms with Gasteiger partial charge in [-0.3, -0.25) is 0 Å². The molecule has 0 amide bonds. The molecule has 0 bridgehead atoms. The van der Waals surface area contributed by atoms with Crippen LogP contribution >= 0.6 is 11.3 Å². The van der Waals surface area contributed by atoms with E-state index in [-0.39, 0.29) is 6.04 Å². The van der Waals surface area contributed by atoms with Crippen LogP contribution < -0.4 is 5.73 Å². The van der Waals surface area contributed by atoms with Crippen LogP contribution in [0.2, 0.25) is 0 Å². The Bertz CT molecular complexity index is 719. The van der Waals surface area contributed by atoms with Crippen LogP contribution in [-0.2, 0) is 0 Å². The molecule has 0 spiro atoms. The summed E-state index contributed by atoms with van der Waals surface area (Å²) < 4.78 is 5.87. The standard InChI is InChI=1S/C16H17NOS/c1-9-4-5-13-12(6-9)8-14(18-13)16(17)15-7-10(2)11(3)19-15/h4-8,16H,17H2,1-3H3. The first-order valence-electron chi connectivity index (χ1n) is 6.37. The average molecular weight is 271 g/mol. The topological polar surface area (TPSA) is 39.2 Å². The Kier molecular flexibility index (Phi) is 2.96. The minimum absolute atomic E-state index is 0.176. The van der Waals surface area contributed by atoms with E-state index in [0.29, 0.717) is 0 Å². The summed E-state index contributed by atoms with van der Waals surface area (Å²) in [5.41, 5.74) is 9.75. The summed E-state index contributed by atoms with van der Waals surface area (Å²) in [5.74, 6) is 0.835. The summed E-state index contributed by atoms with van der Waals surface area (Å²) in [4.78, 5) is 2.48. The van der Waals surface area contributed by atoms with Crippen LogP contribution in [0.5, 0.6) is 0 Å². The van der Waals surface area contributed by atoms with Crippen LogP contribution in [0.4, 0.5) is 0 Å². The van der Waals surface area contributed by atoms with Gasteiger partial charge in [0.15, 0.2) is 0 Å². The van der Waals surface area contributed by atoms with Crippen LogP contribution in [-0.4, -0.2) is 0 Å². The molecule has 3 aromatic rings. The molecule has 0 aliphatic heterocycles. The van der Waals surface area contributed by atoms with E-state index in [0.717, 1.165) is 21.6 Å². The first-order valence-corrected chi connectivity index (χ1v) is 7.19. The zero-order valence-electron chi connectivity index (χ0n) is 11.4. The third kappa shape index (κ3) is 2.20. The lowest BCUT2D eigenvalue weighted by molar-refractivity contribution is 0.527. The molecule has 1 aromatic carbocycles. The molecule has 2 heterocycles. The SMILES string of the molecule is Cc1ccc2oc(C(N)c3cc(C)c(C)s3)cc2c1. The lowest BCUT2D eigenvalue weighted by atomic mass is 10.1. The molecule has 0 saturated heterocycles. The number of aryl methyl sites for hydroxylation is 3. The monoisotopic (exact) mass is 271 g/mol. The average Bonchev–Trinajstić information content (AvgIpc) is 2.92. The first-order chi connectivity index (χ1) is 9.04. The maximum Gasteiger partial charge on any atom is 0.134 e. The Balaban J connectivity index is 2.03. The van der Waals surface area contributed by atoms with Gasteiger partial charge in [-0.25, -0.2) is 0 Å². The number of benzene rings is 1. The van der Waals surface area contributed by atoms with E-state index < -0.39 is 0 Å². The van der Waals surface area contributed by atoms with E-state index in [1.54, 1.807) is 11.3 Å². The molecule has 0 aliphatic carbocycles. The van der Waals surface area contributed by atoms with Gasteiger partial charge in [0.05, 0.1) is 6.04 Å². The number of hydrogen-bond donors (Lipinski definition) is 1. The van der Waals surface area contributed by atoms with Gasteiger partial charge in [0.25, 0.3) is 0 Å². The molecule has 0 aliphatic rings. The second-order valence-electron chi connectivity index (χ2n) is 5.06. The number of thiophene rings is 1. The van der Waals surface area contributed by atoms with Crippen molar-refractivity contribution in [2.24, 2.45) is 5.73 Å². The fourth-order valence-corrected chi connectivity index (χ4v) is 3.28. The molecule has 1 atom stereocenters. The van der Waals surface area contributed by atoms with Gasteiger partial charge in [0, 0.05) is 15.1 Å². The molecule has 2 nitrogen and oxygen atoms in total. The number of hydrogen-bond acceptors (Lipinski definition) is 3. The van der Waals surface area contributed by atoms with Crippen LogP contribution in [0.1, 0.15) is 32.7 Å². The summed E-state index contributed by atoms with van der Waals surface area (Å²) in [6.07, 6.45) is 0. The highest BCUT2D eigenvalue weighted by Gasteiger charge is 2.17. The molecule has 2 aromatic heterocycles. The van der Waals surface area contributed by atoms with Crippen molar-refractivity contribution in [2.45, 2.75) is 26.8 Å². The molecule has 3 rings (SSSR count). The van der Waals surface area contributed by atoms with Crippen molar-refractivity contribution in [2.75, 3.05) is 0 Å². The van der Waals surface area contributed by atoms with Crippen LogP contribution in [0, 0.1) is 20.8 Å². The Morgan fingerprint density at radius 2 is 1.89 bits per heavy atom. The van der Waals surface area contributed by atoms with E-state index in [9.17, 15) is 0 Å². The van der Waals surface area contributed by atoms with E-state index in [1.807, 2.05) is 6.07 Å². The number of furan rings is 1. The Morgan fingerprint density at radius 1 is 1.11 bits per heavy atom. The van der Waals surface area contributed by atoms with E-state index in [4.69, 9.17) is 10.2 Å². The summed E-state index contributed by atoms with van der Waals surface area (Å²) in [7, 11) is 0. The van der Waals surface area contributed by atoms with Crippen molar-refractivity contribution in [3.05, 3.63) is 57.0 Å². The van der Waals surface area contributed by atoms with Gasteiger partial charge < -0.3 is 10.2 Å². The van der Waals surface area contributed by atoms with Crippen molar-refractivity contribution in [1.82, 2.24) is 0 Å².